The standard InChI is InChI=1S/C11H18N4O4/c1-5-18-9(16)11(10(17)19-6-2)7-12-14-15(11)13-8(3)4/h5-7H2,1-4H3. The van der Waals surface area contributed by atoms with Crippen LogP contribution in [0.2, 0.25) is 0 Å². The lowest BCUT2D eigenvalue weighted by atomic mass is 10.0. The quantitative estimate of drug-likeness (QED) is 0.421. The van der Waals surface area contributed by atoms with Crippen molar-refractivity contribution in [1.29, 1.82) is 0 Å². The van der Waals surface area contributed by atoms with Gasteiger partial charge in [0.15, 0.2) is 0 Å². The van der Waals surface area contributed by atoms with Crippen LogP contribution in [-0.2, 0) is 19.1 Å². The zero-order chi connectivity index (χ0) is 14.5. The number of rotatable bonds is 5. The van der Waals surface area contributed by atoms with Gasteiger partial charge in [-0.15, -0.1) is 5.12 Å². The third-order valence-electron chi connectivity index (χ3n) is 2.31. The molecule has 8 nitrogen and oxygen atoms in total. The van der Waals surface area contributed by atoms with Crippen molar-refractivity contribution in [3.63, 3.8) is 0 Å². The molecule has 0 saturated heterocycles. The predicted molar refractivity (Wildman–Crippen MR) is 66.3 cm³/mol. The fourth-order valence-electron chi connectivity index (χ4n) is 1.50. The summed E-state index contributed by atoms with van der Waals surface area (Å²) in [4.78, 5) is 24.2. The van der Waals surface area contributed by atoms with Crippen LogP contribution in [0.4, 0.5) is 0 Å². The average molecular weight is 270 g/mol. The van der Waals surface area contributed by atoms with Gasteiger partial charge in [-0.3, -0.25) is 0 Å². The van der Waals surface area contributed by atoms with Crippen molar-refractivity contribution >= 4 is 17.7 Å². The van der Waals surface area contributed by atoms with Crippen LogP contribution >= 0.6 is 0 Å². The fraction of sp³-hybridized carbons (Fsp3) is 0.727. The van der Waals surface area contributed by atoms with E-state index in [1.165, 1.54) is 0 Å². The largest absolute Gasteiger partial charge is 0.464 e. The van der Waals surface area contributed by atoms with Gasteiger partial charge in [-0.25, -0.2) is 9.59 Å². The summed E-state index contributed by atoms with van der Waals surface area (Å²) in [5, 5.41) is 12.4. The van der Waals surface area contributed by atoms with E-state index >= 15 is 0 Å². The second kappa shape index (κ2) is 6.26. The maximum absolute atomic E-state index is 12.1. The van der Waals surface area contributed by atoms with E-state index in [1.54, 1.807) is 27.7 Å². The molecule has 0 aromatic heterocycles. The zero-order valence-electron chi connectivity index (χ0n) is 11.5. The molecule has 0 spiro atoms. The van der Waals surface area contributed by atoms with Gasteiger partial charge in [0, 0.05) is 5.71 Å². The first-order valence-corrected chi connectivity index (χ1v) is 6.03. The van der Waals surface area contributed by atoms with Crippen LogP contribution in [-0.4, -0.2) is 48.1 Å². The van der Waals surface area contributed by atoms with Crippen molar-refractivity contribution in [1.82, 2.24) is 5.12 Å². The first-order chi connectivity index (χ1) is 8.98. The highest BCUT2D eigenvalue weighted by Crippen LogP contribution is 2.27. The second-order valence-corrected chi connectivity index (χ2v) is 4.03. The maximum Gasteiger partial charge on any atom is 0.349 e. The van der Waals surface area contributed by atoms with Crippen molar-refractivity contribution in [2.75, 3.05) is 19.8 Å². The van der Waals surface area contributed by atoms with Gasteiger partial charge in [0.05, 0.1) is 13.2 Å². The molecule has 19 heavy (non-hydrogen) atoms. The molecule has 106 valence electrons. The smallest absolute Gasteiger partial charge is 0.349 e. The van der Waals surface area contributed by atoms with Gasteiger partial charge in [-0.05, 0) is 27.7 Å². The molecule has 8 heteroatoms. The summed E-state index contributed by atoms with van der Waals surface area (Å²) in [5.41, 5.74) is -1.12. The lowest BCUT2D eigenvalue weighted by Gasteiger charge is -2.27. The van der Waals surface area contributed by atoms with Gasteiger partial charge in [-0.1, -0.05) is 5.22 Å². The lowest BCUT2D eigenvalue weighted by Crippen LogP contribution is -2.58. The van der Waals surface area contributed by atoms with Crippen LogP contribution in [0.3, 0.4) is 0 Å². The molecule has 1 rings (SSSR count). The summed E-state index contributed by atoms with van der Waals surface area (Å²) >= 11 is 0. The van der Waals surface area contributed by atoms with E-state index < -0.39 is 17.5 Å². The highest BCUT2D eigenvalue weighted by Gasteiger charge is 2.58. The number of nitrogens with zero attached hydrogens (tertiary/aromatic N) is 4. The molecular weight excluding hydrogens is 252 g/mol. The molecule has 1 aliphatic rings. The summed E-state index contributed by atoms with van der Waals surface area (Å²) in [7, 11) is 0. The maximum atomic E-state index is 12.1. The van der Waals surface area contributed by atoms with E-state index in [2.05, 4.69) is 15.4 Å². The molecule has 0 aromatic rings. The molecular formula is C11H18N4O4. The summed E-state index contributed by atoms with van der Waals surface area (Å²) in [6, 6.07) is 0. The van der Waals surface area contributed by atoms with E-state index in [4.69, 9.17) is 9.47 Å². The lowest BCUT2D eigenvalue weighted by molar-refractivity contribution is -0.172. The van der Waals surface area contributed by atoms with Gasteiger partial charge in [0.2, 0.25) is 0 Å². The number of ether oxygens (including phenoxy) is 2. The van der Waals surface area contributed by atoms with Gasteiger partial charge in [-0.2, -0.15) is 10.2 Å². The Morgan fingerprint density at radius 1 is 1.21 bits per heavy atom. The van der Waals surface area contributed by atoms with Crippen LogP contribution in [0.25, 0.3) is 0 Å². The second-order valence-electron chi connectivity index (χ2n) is 4.03. The molecule has 1 heterocycles. The van der Waals surface area contributed by atoms with Crippen molar-refractivity contribution in [3.8, 4) is 0 Å². The molecule has 0 aromatic carbocycles. The van der Waals surface area contributed by atoms with Crippen molar-refractivity contribution < 1.29 is 19.1 Å². The minimum Gasteiger partial charge on any atom is -0.464 e. The molecule has 0 radical (unpaired) electrons. The molecule has 0 amide bonds. The molecule has 0 bridgehead atoms. The first-order valence-electron chi connectivity index (χ1n) is 6.03. The normalized spacial score (nSPS) is 16.1. The number of carbonyl (C=O) groups is 2. The minimum absolute atomic E-state index is 0.142. The van der Waals surface area contributed by atoms with Gasteiger partial charge >= 0.3 is 11.9 Å². The van der Waals surface area contributed by atoms with Crippen LogP contribution < -0.4 is 0 Å². The van der Waals surface area contributed by atoms with E-state index in [-0.39, 0.29) is 19.8 Å². The molecule has 0 aliphatic carbocycles. The Morgan fingerprint density at radius 2 is 1.74 bits per heavy atom. The Morgan fingerprint density at radius 3 is 2.16 bits per heavy atom. The SMILES string of the molecule is CCOC(=O)C1(C(=O)OCC)CN=NN1N=C(C)C. The average Bonchev–Trinajstić information content (AvgIpc) is 2.73. The van der Waals surface area contributed by atoms with Crippen molar-refractivity contribution in [2.45, 2.75) is 33.2 Å². The van der Waals surface area contributed by atoms with E-state index in [1.807, 2.05) is 0 Å². The minimum atomic E-state index is -1.75. The van der Waals surface area contributed by atoms with Crippen molar-refractivity contribution in [2.24, 2.45) is 15.4 Å². The number of hydrogen-bond acceptors (Lipinski definition) is 8. The van der Waals surface area contributed by atoms with Gasteiger partial charge < -0.3 is 9.47 Å². The Kier molecular flexibility index (Phi) is 4.96. The molecule has 0 unspecified atom stereocenters. The third kappa shape index (κ3) is 2.88. The van der Waals surface area contributed by atoms with Crippen LogP contribution in [0.5, 0.6) is 0 Å². The van der Waals surface area contributed by atoms with Crippen molar-refractivity contribution in [3.05, 3.63) is 0 Å². The third-order valence-corrected chi connectivity index (χ3v) is 2.31. The van der Waals surface area contributed by atoms with Crippen LogP contribution in [0.1, 0.15) is 27.7 Å². The number of hydrogen-bond donors (Lipinski definition) is 0. The zero-order valence-corrected chi connectivity index (χ0v) is 11.5. The first kappa shape index (κ1) is 15.1. The number of hydrazone groups is 1. The Bertz CT molecular complexity index is 397. The van der Waals surface area contributed by atoms with Gasteiger partial charge in [0.1, 0.15) is 6.54 Å². The van der Waals surface area contributed by atoms with Crippen LogP contribution in [0, 0.1) is 0 Å². The Hall–Kier alpha value is -1.99. The monoisotopic (exact) mass is 270 g/mol. The molecule has 1 aliphatic heterocycles. The summed E-state index contributed by atoms with van der Waals surface area (Å²) in [6.45, 7) is 6.86. The van der Waals surface area contributed by atoms with Crippen LogP contribution in [0.15, 0.2) is 15.4 Å². The van der Waals surface area contributed by atoms with E-state index in [0.717, 1.165) is 5.12 Å². The predicted octanol–water partition coefficient (Wildman–Crippen LogP) is 0.930. The highest BCUT2D eigenvalue weighted by molar-refractivity contribution is 6.05. The Labute approximate surface area is 111 Å². The molecule has 0 N–H and O–H groups in total. The van der Waals surface area contributed by atoms with E-state index in [9.17, 15) is 9.59 Å². The molecule has 0 atom stereocenters. The number of carbonyl (C=O) groups excluding carboxylic acids is 2. The summed E-state index contributed by atoms with van der Waals surface area (Å²) in [5.74, 6) is -1.52. The Balaban J connectivity index is 3.15. The summed E-state index contributed by atoms with van der Waals surface area (Å²) in [6.07, 6.45) is 0. The van der Waals surface area contributed by atoms with E-state index in [0.29, 0.717) is 5.71 Å². The topological polar surface area (TPSA) is 92.9 Å². The highest BCUT2D eigenvalue weighted by atomic mass is 16.6. The summed E-state index contributed by atoms with van der Waals surface area (Å²) < 4.78 is 9.88. The number of esters is 2. The van der Waals surface area contributed by atoms with Gasteiger partial charge in [0.25, 0.3) is 5.54 Å². The fourth-order valence-corrected chi connectivity index (χ4v) is 1.50. The molecule has 0 saturated carbocycles. The molecule has 0 fully saturated rings.